The molecule has 1 aliphatic rings. The fourth-order valence-electron chi connectivity index (χ4n) is 2.87. The summed E-state index contributed by atoms with van der Waals surface area (Å²) in [6, 6.07) is 6.51. The Morgan fingerprint density at radius 3 is 2.72 bits per heavy atom. The number of nitrogens with zero attached hydrogens (tertiary/aromatic N) is 2. The molecule has 0 spiro atoms. The van der Waals surface area contributed by atoms with Gasteiger partial charge in [0.05, 0.1) is 19.3 Å². The number of imide groups is 1. The Bertz CT molecular complexity index is 922. The summed E-state index contributed by atoms with van der Waals surface area (Å²) in [5.41, 5.74) is 1.14. The van der Waals surface area contributed by atoms with Gasteiger partial charge in [0, 0.05) is 10.7 Å². The van der Waals surface area contributed by atoms with Crippen molar-refractivity contribution in [3.8, 4) is 0 Å². The summed E-state index contributed by atoms with van der Waals surface area (Å²) in [5.74, 6) is 0. The monoisotopic (exact) mass is 381 g/mol. The number of hydrogen-bond donors (Lipinski definition) is 1. The molecule has 1 fully saturated rings. The third-order valence-corrected chi connectivity index (χ3v) is 6.23. The predicted molar refractivity (Wildman–Crippen MR) is 97.2 cm³/mol. The highest BCUT2D eigenvalue weighted by Crippen LogP contribution is 2.26. The standard InChI is InChI=1S/C16H19N3O4S2/c1-11(9-12-10-24-14-6-4-3-5-13(12)14)17-15(20)18-7-8-19(16(18)21)25(2,22)23/h3-6,10-11H,7-9H2,1-2H3,(H,17,20)/t11-/m1/s1. The minimum atomic E-state index is -3.65. The van der Waals surface area contributed by atoms with Crippen LogP contribution in [-0.4, -0.2) is 55.1 Å². The topological polar surface area (TPSA) is 86.8 Å². The van der Waals surface area contributed by atoms with Gasteiger partial charge in [0.15, 0.2) is 0 Å². The van der Waals surface area contributed by atoms with Gasteiger partial charge in [-0.3, -0.25) is 0 Å². The van der Waals surface area contributed by atoms with E-state index in [0.29, 0.717) is 10.7 Å². The van der Waals surface area contributed by atoms with Crippen LogP contribution >= 0.6 is 11.3 Å². The number of sulfonamides is 1. The van der Waals surface area contributed by atoms with Gasteiger partial charge >= 0.3 is 12.1 Å². The zero-order valence-electron chi connectivity index (χ0n) is 13.9. The molecular weight excluding hydrogens is 362 g/mol. The number of amides is 4. The molecule has 1 saturated heterocycles. The van der Waals surface area contributed by atoms with Crippen LogP contribution in [0.4, 0.5) is 9.59 Å². The van der Waals surface area contributed by atoms with Crippen LogP contribution in [0.1, 0.15) is 12.5 Å². The Balaban J connectivity index is 1.64. The van der Waals surface area contributed by atoms with Crippen molar-refractivity contribution in [2.45, 2.75) is 19.4 Å². The lowest BCUT2D eigenvalue weighted by Crippen LogP contribution is -2.46. The summed E-state index contributed by atoms with van der Waals surface area (Å²) < 4.78 is 24.9. The fraction of sp³-hybridized carbons (Fsp3) is 0.375. The molecule has 1 N–H and O–H groups in total. The molecule has 2 heterocycles. The molecule has 3 rings (SSSR count). The molecule has 1 aromatic carbocycles. The number of fused-ring (bicyclic) bond motifs is 1. The van der Waals surface area contributed by atoms with Gasteiger partial charge in [0.2, 0.25) is 10.0 Å². The third-order valence-electron chi connectivity index (χ3n) is 4.07. The maximum atomic E-state index is 12.3. The summed E-state index contributed by atoms with van der Waals surface area (Å²) in [6.45, 7) is 1.92. The smallest absolute Gasteiger partial charge is 0.335 e. The number of nitrogens with one attached hydrogen (secondary N) is 1. The number of carbonyl (C=O) groups is 2. The first-order valence-electron chi connectivity index (χ1n) is 7.82. The molecule has 134 valence electrons. The zero-order chi connectivity index (χ0) is 18.2. The van der Waals surface area contributed by atoms with E-state index in [1.54, 1.807) is 11.3 Å². The lowest BCUT2D eigenvalue weighted by molar-refractivity contribution is 0.192. The van der Waals surface area contributed by atoms with Crippen molar-refractivity contribution in [2.75, 3.05) is 19.3 Å². The quantitative estimate of drug-likeness (QED) is 0.880. The molecule has 1 aromatic heterocycles. The largest absolute Gasteiger partial charge is 0.341 e. The van der Waals surface area contributed by atoms with Crippen LogP contribution in [0.3, 0.4) is 0 Å². The van der Waals surface area contributed by atoms with Gasteiger partial charge in [-0.05, 0) is 35.7 Å². The highest BCUT2D eigenvalue weighted by molar-refractivity contribution is 7.88. The lowest BCUT2D eigenvalue weighted by atomic mass is 10.1. The molecule has 25 heavy (non-hydrogen) atoms. The fourth-order valence-corrected chi connectivity index (χ4v) is 4.64. The summed E-state index contributed by atoms with van der Waals surface area (Å²) in [7, 11) is -3.65. The second-order valence-electron chi connectivity index (χ2n) is 6.08. The average molecular weight is 381 g/mol. The Morgan fingerprint density at radius 1 is 1.32 bits per heavy atom. The van der Waals surface area contributed by atoms with Crippen LogP contribution in [0.25, 0.3) is 10.1 Å². The van der Waals surface area contributed by atoms with E-state index in [1.165, 1.54) is 4.70 Å². The summed E-state index contributed by atoms with van der Waals surface area (Å²) >= 11 is 1.65. The van der Waals surface area contributed by atoms with Gasteiger partial charge in [-0.15, -0.1) is 11.3 Å². The molecule has 2 aromatic rings. The predicted octanol–water partition coefficient (Wildman–Crippen LogP) is 2.24. The van der Waals surface area contributed by atoms with E-state index < -0.39 is 22.1 Å². The molecule has 7 nitrogen and oxygen atoms in total. The molecular formula is C16H19N3O4S2. The first-order chi connectivity index (χ1) is 11.8. The number of urea groups is 2. The number of benzene rings is 1. The van der Waals surface area contributed by atoms with E-state index in [-0.39, 0.29) is 19.1 Å². The van der Waals surface area contributed by atoms with Crippen molar-refractivity contribution >= 4 is 43.5 Å². The Labute approximate surface area is 150 Å². The SMILES string of the molecule is C[C@H](Cc1csc2ccccc12)NC(=O)N1CCN(S(C)(=O)=O)C1=O. The van der Waals surface area contributed by atoms with Crippen LogP contribution in [-0.2, 0) is 16.4 Å². The Hall–Kier alpha value is -2.13. The molecule has 0 saturated carbocycles. The van der Waals surface area contributed by atoms with Gasteiger partial charge in [-0.1, -0.05) is 18.2 Å². The molecule has 0 unspecified atom stereocenters. The van der Waals surface area contributed by atoms with E-state index in [0.717, 1.165) is 22.1 Å². The Morgan fingerprint density at radius 2 is 2.04 bits per heavy atom. The minimum absolute atomic E-state index is 0.00532. The first kappa shape index (κ1) is 17.7. The minimum Gasteiger partial charge on any atom is -0.335 e. The Kier molecular flexibility index (Phi) is 4.70. The molecule has 1 atom stereocenters. The van der Waals surface area contributed by atoms with E-state index in [9.17, 15) is 18.0 Å². The van der Waals surface area contributed by atoms with Crippen LogP contribution in [0.15, 0.2) is 29.6 Å². The van der Waals surface area contributed by atoms with Crippen molar-refractivity contribution in [1.29, 1.82) is 0 Å². The average Bonchev–Trinajstić information content (AvgIpc) is 3.11. The summed E-state index contributed by atoms with van der Waals surface area (Å²) in [4.78, 5) is 25.3. The molecule has 0 radical (unpaired) electrons. The zero-order valence-corrected chi connectivity index (χ0v) is 15.6. The van der Waals surface area contributed by atoms with Crippen LogP contribution < -0.4 is 5.32 Å². The van der Waals surface area contributed by atoms with Crippen molar-refractivity contribution in [1.82, 2.24) is 14.5 Å². The van der Waals surface area contributed by atoms with E-state index in [2.05, 4.69) is 16.8 Å². The highest BCUT2D eigenvalue weighted by Gasteiger charge is 2.38. The van der Waals surface area contributed by atoms with Gasteiger partial charge in [-0.2, -0.15) is 0 Å². The second-order valence-corrected chi connectivity index (χ2v) is 8.90. The van der Waals surface area contributed by atoms with E-state index >= 15 is 0 Å². The van der Waals surface area contributed by atoms with Crippen LogP contribution in [0.5, 0.6) is 0 Å². The second kappa shape index (κ2) is 6.64. The summed E-state index contributed by atoms with van der Waals surface area (Å²) in [5, 5.41) is 6.01. The van der Waals surface area contributed by atoms with Crippen molar-refractivity contribution < 1.29 is 18.0 Å². The van der Waals surface area contributed by atoms with Crippen molar-refractivity contribution in [3.05, 3.63) is 35.2 Å². The van der Waals surface area contributed by atoms with E-state index in [4.69, 9.17) is 0 Å². The molecule has 0 bridgehead atoms. The van der Waals surface area contributed by atoms with E-state index in [1.807, 2.05) is 25.1 Å². The van der Waals surface area contributed by atoms with Crippen molar-refractivity contribution in [2.24, 2.45) is 0 Å². The van der Waals surface area contributed by atoms with Crippen molar-refractivity contribution in [3.63, 3.8) is 0 Å². The maximum absolute atomic E-state index is 12.3. The van der Waals surface area contributed by atoms with Crippen LogP contribution in [0, 0.1) is 0 Å². The van der Waals surface area contributed by atoms with Gasteiger partial charge < -0.3 is 5.32 Å². The lowest BCUT2D eigenvalue weighted by Gasteiger charge is -2.19. The molecule has 9 heteroatoms. The molecule has 0 aliphatic carbocycles. The summed E-state index contributed by atoms with van der Waals surface area (Å²) in [6.07, 6.45) is 1.59. The van der Waals surface area contributed by atoms with Crippen LogP contribution in [0.2, 0.25) is 0 Å². The number of thiophene rings is 1. The third kappa shape index (κ3) is 3.62. The highest BCUT2D eigenvalue weighted by atomic mass is 32.2. The normalized spacial score (nSPS) is 16.5. The molecule has 4 amide bonds. The van der Waals surface area contributed by atoms with Gasteiger partial charge in [0.1, 0.15) is 0 Å². The first-order valence-corrected chi connectivity index (χ1v) is 10.5. The maximum Gasteiger partial charge on any atom is 0.341 e. The number of carbonyl (C=O) groups excluding carboxylic acids is 2. The van der Waals surface area contributed by atoms with Gasteiger partial charge in [-0.25, -0.2) is 27.2 Å². The number of hydrogen-bond acceptors (Lipinski definition) is 5. The molecule has 1 aliphatic heterocycles. The van der Waals surface area contributed by atoms with Gasteiger partial charge in [0.25, 0.3) is 0 Å². The number of rotatable bonds is 4.